The fraction of sp³-hybridized carbons (Fsp3) is 0. The molecule has 0 amide bonds. The Morgan fingerprint density at radius 1 is 0.242 bits per heavy atom. The van der Waals surface area contributed by atoms with Crippen molar-refractivity contribution in [2.24, 2.45) is 0 Å². The van der Waals surface area contributed by atoms with Gasteiger partial charge in [0.2, 0.25) is 0 Å². The Morgan fingerprint density at radius 3 is 1.47 bits per heavy atom. The van der Waals surface area contributed by atoms with Crippen molar-refractivity contribution < 1.29 is 4.42 Å². The first kappa shape index (κ1) is 33.6. The highest BCUT2D eigenvalue weighted by Crippen LogP contribution is 2.43. The van der Waals surface area contributed by atoms with Crippen molar-refractivity contribution in [3.8, 4) is 27.9 Å². The highest BCUT2D eigenvalue weighted by molar-refractivity contribution is 6.29. The molecule has 0 spiro atoms. The van der Waals surface area contributed by atoms with Crippen LogP contribution in [-0.2, 0) is 0 Å². The van der Waals surface area contributed by atoms with Gasteiger partial charge in [-0.25, -0.2) is 0 Å². The second-order valence-corrected chi connectivity index (χ2v) is 16.9. The number of aromatic nitrogens is 1. The summed E-state index contributed by atoms with van der Waals surface area (Å²) in [4.78, 5) is 0. The van der Waals surface area contributed by atoms with Crippen molar-refractivity contribution in [1.82, 2.24) is 4.57 Å². The molecule has 14 rings (SSSR count). The first-order valence-corrected chi connectivity index (χ1v) is 21.4. The number of rotatable bonds is 3. The van der Waals surface area contributed by atoms with E-state index < -0.39 is 0 Å². The minimum atomic E-state index is 0.897. The van der Waals surface area contributed by atoms with Crippen LogP contribution in [0.25, 0.3) is 136 Å². The summed E-state index contributed by atoms with van der Waals surface area (Å²) in [5, 5.41) is 19.9. The van der Waals surface area contributed by atoms with E-state index in [2.05, 4.69) is 217 Å². The van der Waals surface area contributed by atoms with Gasteiger partial charge >= 0.3 is 0 Å². The highest BCUT2D eigenvalue weighted by Gasteiger charge is 2.18. The molecule has 0 bridgehead atoms. The Balaban J connectivity index is 0.947. The van der Waals surface area contributed by atoms with Gasteiger partial charge < -0.3 is 8.98 Å². The van der Waals surface area contributed by atoms with E-state index in [1.165, 1.54) is 114 Å². The Labute approximate surface area is 356 Å². The summed E-state index contributed by atoms with van der Waals surface area (Å²) in [6.45, 7) is 0. The monoisotopic (exact) mass is 785 g/mol. The quantitative estimate of drug-likeness (QED) is 0.163. The molecule has 0 radical (unpaired) electrons. The van der Waals surface area contributed by atoms with Crippen molar-refractivity contribution in [2.45, 2.75) is 0 Å². The predicted molar refractivity (Wildman–Crippen MR) is 264 cm³/mol. The van der Waals surface area contributed by atoms with Gasteiger partial charge in [0.25, 0.3) is 0 Å². The van der Waals surface area contributed by atoms with Crippen LogP contribution < -0.4 is 0 Å². The summed E-state index contributed by atoms with van der Waals surface area (Å²) in [6, 6.07) is 78.3. The number of benzene rings is 12. The SMILES string of the molecule is c1ccc2cc(-n3c4ccccc4c4cc5c6ccccc6c6cc(-c7ccc8oc9ccc(-c%10ccc%11ccc%12ccccc%12c%11c%10)cc9c8c7)ccc6c5cc43)ccc2c1. The van der Waals surface area contributed by atoms with Crippen LogP contribution in [0.1, 0.15) is 0 Å². The van der Waals surface area contributed by atoms with Crippen LogP contribution in [0.5, 0.6) is 0 Å². The van der Waals surface area contributed by atoms with E-state index in [0.717, 1.165) is 21.9 Å². The summed E-state index contributed by atoms with van der Waals surface area (Å²) in [6.07, 6.45) is 0. The third-order valence-corrected chi connectivity index (χ3v) is 13.5. The lowest BCUT2D eigenvalue weighted by Crippen LogP contribution is -1.94. The molecule has 0 aliphatic rings. The lowest BCUT2D eigenvalue weighted by Gasteiger charge is -2.14. The first-order chi connectivity index (χ1) is 30.7. The fourth-order valence-electron chi connectivity index (χ4n) is 10.5. The van der Waals surface area contributed by atoms with E-state index in [1.54, 1.807) is 0 Å². The second kappa shape index (κ2) is 12.7. The maximum atomic E-state index is 6.46. The third kappa shape index (κ3) is 4.86. The molecule has 286 valence electrons. The van der Waals surface area contributed by atoms with E-state index in [1.807, 2.05) is 0 Å². The van der Waals surface area contributed by atoms with Crippen molar-refractivity contribution in [2.75, 3.05) is 0 Å². The summed E-state index contributed by atoms with van der Waals surface area (Å²) in [5.74, 6) is 0. The van der Waals surface area contributed by atoms with Crippen LogP contribution in [0.3, 0.4) is 0 Å². The molecule has 12 aromatic carbocycles. The summed E-state index contributed by atoms with van der Waals surface area (Å²) >= 11 is 0. The van der Waals surface area contributed by atoms with E-state index in [0.29, 0.717) is 0 Å². The predicted octanol–water partition coefficient (Wildman–Crippen LogP) is 16.9. The maximum Gasteiger partial charge on any atom is 0.135 e. The van der Waals surface area contributed by atoms with Gasteiger partial charge in [-0.1, -0.05) is 146 Å². The molecule has 2 heteroatoms. The third-order valence-electron chi connectivity index (χ3n) is 13.5. The van der Waals surface area contributed by atoms with Crippen LogP contribution in [0.4, 0.5) is 0 Å². The van der Waals surface area contributed by atoms with Gasteiger partial charge in [0.15, 0.2) is 0 Å². The van der Waals surface area contributed by atoms with Gasteiger partial charge in [0.05, 0.1) is 11.0 Å². The number of furan rings is 1. The maximum absolute atomic E-state index is 6.46. The molecule has 0 fully saturated rings. The minimum Gasteiger partial charge on any atom is -0.456 e. The average Bonchev–Trinajstić information content (AvgIpc) is 3.87. The van der Waals surface area contributed by atoms with Crippen molar-refractivity contribution in [3.63, 3.8) is 0 Å². The zero-order chi connectivity index (χ0) is 40.5. The fourth-order valence-corrected chi connectivity index (χ4v) is 10.5. The van der Waals surface area contributed by atoms with Gasteiger partial charge in [-0.05, 0) is 154 Å². The number of fused-ring (bicyclic) bond motifs is 16. The molecule has 14 aromatic rings. The first-order valence-electron chi connectivity index (χ1n) is 21.4. The van der Waals surface area contributed by atoms with Crippen LogP contribution in [-0.4, -0.2) is 4.57 Å². The smallest absolute Gasteiger partial charge is 0.135 e. The lowest BCUT2D eigenvalue weighted by atomic mass is 9.91. The molecule has 2 nitrogen and oxygen atoms in total. The van der Waals surface area contributed by atoms with E-state index in [4.69, 9.17) is 4.42 Å². The molecule has 2 heterocycles. The standard InChI is InChI=1S/C60H35NO/c1-2-11-39-29-44(25-21-36(39)9-1)61-57-16-8-7-15-49(57)54-34-52-47-14-6-5-13-46(47)51-31-41(22-26-48(51)53(52)35-58(54)61)43-24-28-60-56(33-43)55-32-42(23-27-59(55)62-60)40-20-19-38-18-17-37-10-3-4-12-45(37)50(38)30-40/h1-35H. The zero-order valence-electron chi connectivity index (χ0n) is 33.6. The van der Waals surface area contributed by atoms with E-state index in [9.17, 15) is 0 Å². The van der Waals surface area contributed by atoms with Crippen LogP contribution in [0.2, 0.25) is 0 Å². The van der Waals surface area contributed by atoms with Gasteiger partial charge in [-0.3, -0.25) is 0 Å². The highest BCUT2D eigenvalue weighted by atomic mass is 16.3. The summed E-state index contributed by atoms with van der Waals surface area (Å²) in [5.41, 5.74) is 10.1. The van der Waals surface area contributed by atoms with Crippen LogP contribution >= 0.6 is 0 Å². The number of para-hydroxylation sites is 1. The lowest BCUT2D eigenvalue weighted by molar-refractivity contribution is 0.669. The largest absolute Gasteiger partial charge is 0.456 e. The van der Waals surface area contributed by atoms with E-state index in [-0.39, 0.29) is 0 Å². The molecule has 0 aliphatic carbocycles. The van der Waals surface area contributed by atoms with Gasteiger partial charge in [-0.15, -0.1) is 0 Å². The molecule has 2 aromatic heterocycles. The van der Waals surface area contributed by atoms with Crippen molar-refractivity contribution >= 4 is 108 Å². The Morgan fingerprint density at radius 2 is 0.726 bits per heavy atom. The van der Waals surface area contributed by atoms with Crippen molar-refractivity contribution in [3.05, 3.63) is 212 Å². The number of hydrogen-bond donors (Lipinski definition) is 0. The van der Waals surface area contributed by atoms with Gasteiger partial charge in [0.1, 0.15) is 11.2 Å². The second-order valence-electron chi connectivity index (χ2n) is 16.9. The van der Waals surface area contributed by atoms with Crippen LogP contribution in [0.15, 0.2) is 217 Å². The number of hydrogen-bond acceptors (Lipinski definition) is 1. The van der Waals surface area contributed by atoms with E-state index >= 15 is 0 Å². The number of nitrogens with zero attached hydrogens (tertiary/aromatic N) is 1. The molecule has 0 unspecified atom stereocenters. The van der Waals surface area contributed by atoms with Gasteiger partial charge in [0, 0.05) is 27.2 Å². The Hall–Kier alpha value is -8.20. The Kier molecular flexibility index (Phi) is 6.86. The summed E-state index contributed by atoms with van der Waals surface area (Å²) < 4.78 is 8.90. The molecule has 0 atom stereocenters. The van der Waals surface area contributed by atoms with Crippen LogP contribution in [0, 0.1) is 0 Å². The minimum absolute atomic E-state index is 0.897. The topological polar surface area (TPSA) is 18.1 Å². The average molecular weight is 786 g/mol. The molecule has 0 N–H and O–H groups in total. The molecular formula is C60H35NO. The normalized spacial score (nSPS) is 12.2. The molecule has 62 heavy (non-hydrogen) atoms. The van der Waals surface area contributed by atoms with Crippen molar-refractivity contribution in [1.29, 1.82) is 0 Å². The molecule has 0 aliphatic heterocycles. The van der Waals surface area contributed by atoms with Gasteiger partial charge in [-0.2, -0.15) is 0 Å². The molecule has 0 saturated carbocycles. The molecule has 0 saturated heterocycles. The summed E-state index contributed by atoms with van der Waals surface area (Å²) in [7, 11) is 0. The zero-order valence-corrected chi connectivity index (χ0v) is 33.6. The molecular weight excluding hydrogens is 751 g/mol. The Bertz CT molecular complexity index is 4220.